The SMILES string of the molecule is C.CCOC(=O)c1cnn(-c2nc(OC)c3c(n2)c(C)nn3C2CCC(C)CC2)c1. The molecule has 9 nitrogen and oxygen atoms in total. The first-order valence-electron chi connectivity index (χ1n) is 10.0. The fourth-order valence-corrected chi connectivity index (χ4v) is 3.89. The predicted octanol–water partition coefficient (Wildman–Crippen LogP) is 3.89. The second kappa shape index (κ2) is 8.81. The normalized spacial score (nSPS) is 18.8. The van der Waals surface area contributed by atoms with Crippen LogP contribution in [0.1, 0.15) is 69.1 Å². The molecule has 1 fully saturated rings. The number of nitrogens with zero attached hydrogens (tertiary/aromatic N) is 6. The zero-order valence-electron chi connectivity index (χ0n) is 17.3. The van der Waals surface area contributed by atoms with Gasteiger partial charge in [0.15, 0.2) is 0 Å². The molecule has 0 atom stereocenters. The molecule has 3 aromatic heterocycles. The molecule has 4 rings (SSSR count). The Balaban J connectivity index is 0.00000256. The summed E-state index contributed by atoms with van der Waals surface area (Å²) in [6, 6.07) is 0.325. The van der Waals surface area contributed by atoms with Crippen LogP contribution in [-0.4, -0.2) is 49.2 Å². The Hall–Kier alpha value is -2.97. The number of fused-ring (bicyclic) bond motifs is 1. The predicted molar refractivity (Wildman–Crippen MR) is 113 cm³/mol. The van der Waals surface area contributed by atoms with E-state index in [2.05, 4.69) is 22.0 Å². The lowest BCUT2D eigenvalue weighted by atomic mass is 9.87. The van der Waals surface area contributed by atoms with Crippen molar-refractivity contribution in [1.82, 2.24) is 29.5 Å². The lowest BCUT2D eigenvalue weighted by Gasteiger charge is -2.27. The van der Waals surface area contributed by atoms with Crippen molar-refractivity contribution in [3.63, 3.8) is 0 Å². The highest BCUT2D eigenvalue weighted by atomic mass is 16.5. The van der Waals surface area contributed by atoms with Crippen LogP contribution < -0.4 is 4.74 Å². The molecular formula is C21H30N6O3. The van der Waals surface area contributed by atoms with Gasteiger partial charge in [-0.15, -0.1) is 0 Å². The average molecular weight is 415 g/mol. The Morgan fingerprint density at radius 2 is 1.97 bits per heavy atom. The van der Waals surface area contributed by atoms with Crippen molar-refractivity contribution < 1.29 is 14.3 Å². The Labute approximate surface area is 176 Å². The maximum atomic E-state index is 11.9. The Morgan fingerprint density at radius 1 is 1.23 bits per heavy atom. The number of carbonyl (C=O) groups is 1. The monoisotopic (exact) mass is 414 g/mol. The number of esters is 1. The summed E-state index contributed by atoms with van der Waals surface area (Å²) in [5.41, 5.74) is 2.71. The van der Waals surface area contributed by atoms with Crippen LogP contribution in [0, 0.1) is 12.8 Å². The van der Waals surface area contributed by atoms with E-state index < -0.39 is 5.97 Å². The largest absolute Gasteiger partial charge is 0.479 e. The van der Waals surface area contributed by atoms with Gasteiger partial charge in [-0.2, -0.15) is 15.2 Å². The highest BCUT2D eigenvalue weighted by Crippen LogP contribution is 2.36. The molecule has 1 saturated carbocycles. The van der Waals surface area contributed by atoms with Gasteiger partial charge in [-0.3, -0.25) is 4.68 Å². The topological polar surface area (TPSA) is 96.9 Å². The van der Waals surface area contributed by atoms with Gasteiger partial charge < -0.3 is 9.47 Å². The lowest BCUT2D eigenvalue weighted by molar-refractivity contribution is 0.0526. The minimum atomic E-state index is -0.428. The smallest absolute Gasteiger partial charge is 0.341 e. The number of aromatic nitrogens is 6. The van der Waals surface area contributed by atoms with Crippen LogP contribution >= 0.6 is 0 Å². The van der Waals surface area contributed by atoms with Crippen molar-refractivity contribution in [2.75, 3.05) is 13.7 Å². The number of methoxy groups -OCH3 is 1. The summed E-state index contributed by atoms with van der Waals surface area (Å²) >= 11 is 0. The van der Waals surface area contributed by atoms with Crippen molar-refractivity contribution in [3.8, 4) is 11.8 Å². The van der Waals surface area contributed by atoms with Crippen LogP contribution in [0.5, 0.6) is 5.88 Å². The summed E-state index contributed by atoms with van der Waals surface area (Å²) in [5.74, 6) is 1.11. The molecule has 1 aliphatic carbocycles. The lowest BCUT2D eigenvalue weighted by Crippen LogP contribution is -2.18. The van der Waals surface area contributed by atoms with Gasteiger partial charge in [0.05, 0.1) is 37.2 Å². The molecule has 0 aromatic carbocycles. The molecule has 9 heteroatoms. The van der Waals surface area contributed by atoms with Gasteiger partial charge in [0.2, 0.25) is 5.88 Å². The highest BCUT2D eigenvalue weighted by molar-refractivity contribution is 5.89. The van der Waals surface area contributed by atoms with E-state index in [4.69, 9.17) is 14.6 Å². The van der Waals surface area contributed by atoms with Gasteiger partial charge >= 0.3 is 5.97 Å². The summed E-state index contributed by atoms with van der Waals surface area (Å²) in [6.45, 7) is 6.30. The molecule has 0 amide bonds. The number of hydrogen-bond donors (Lipinski definition) is 0. The van der Waals surface area contributed by atoms with Gasteiger partial charge in [0.25, 0.3) is 5.95 Å². The Kier molecular flexibility index (Phi) is 6.38. The molecule has 0 unspecified atom stereocenters. The number of rotatable bonds is 5. The fourth-order valence-electron chi connectivity index (χ4n) is 3.89. The molecule has 0 bridgehead atoms. The fraction of sp³-hybridized carbons (Fsp3) is 0.571. The standard InChI is InChI=1S/C20H26N6O3.CH4/c1-5-29-19(27)14-10-21-25(11-14)20-22-16-13(3)24-26(17(16)18(23-20)28-4)15-8-6-12(2)7-9-15;/h10-12,15H,5-9H2,1-4H3;1H4. The van der Waals surface area contributed by atoms with Crippen molar-refractivity contribution in [1.29, 1.82) is 0 Å². The second-order valence-corrected chi connectivity index (χ2v) is 7.57. The van der Waals surface area contributed by atoms with Crippen LogP contribution in [0.15, 0.2) is 12.4 Å². The number of aryl methyl sites for hydroxylation is 1. The maximum absolute atomic E-state index is 11.9. The molecule has 30 heavy (non-hydrogen) atoms. The van der Waals surface area contributed by atoms with Crippen LogP contribution in [0.4, 0.5) is 0 Å². The summed E-state index contributed by atoms with van der Waals surface area (Å²) in [7, 11) is 1.59. The molecule has 3 heterocycles. The van der Waals surface area contributed by atoms with E-state index in [1.807, 2.05) is 11.6 Å². The Morgan fingerprint density at radius 3 is 2.63 bits per heavy atom. The first-order valence-corrected chi connectivity index (χ1v) is 10.0. The summed E-state index contributed by atoms with van der Waals surface area (Å²) in [6.07, 6.45) is 7.56. The molecule has 0 aliphatic heterocycles. The third-order valence-corrected chi connectivity index (χ3v) is 5.49. The average Bonchev–Trinajstić information content (AvgIpc) is 3.34. The minimum absolute atomic E-state index is 0. The van der Waals surface area contributed by atoms with Crippen molar-refractivity contribution in [2.45, 2.75) is 59.9 Å². The van der Waals surface area contributed by atoms with Crippen LogP contribution in [0.2, 0.25) is 0 Å². The quantitative estimate of drug-likeness (QED) is 0.584. The van der Waals surface area contributed by atoms with E-state index in [0.717, 1.165) is 35.5 Å². The Bertz CT molecular complexity index is 1030. The van der Waals surface area contributed by atoms with E-state index >= 15 is 0 Å². The molecule has 0 saturated heterocycles. The molecular weight excluding hydrogens is 384 g/mol. The van der Waals surface area contributed by atoms with E-state index in [1.54, 1.807) is 20.2 Å². The summed E-state index contributed by atoms with van der Waals surface area (Å²) in [4.78, 5) is 21.1. The molecule has 0 N–H and O–H groups in total. The summed E-state index contributed by atoms with van der Waals surface area (Å²) < 4.78 is 14.1. The highest BCUT2D eigenvalue weighted by Gasteiger charge is 2.26. The molecule has 0 radical (unpaired) electrons. The van der Waals surface area contributed by atoms with Crippen LogP contribution in [0.3, 0.4) is 0 Å². The second-order valence-electron chi connectivity index (χ2n) is 7.57. The maximum Gasteiger partial charge on any atom is 0.341 e. The molecule has 0 spiro atoms. The number of carbonyl (C=O) groups excluding carboxylic acids is 1. The van der Waals surface area contributed by atoms with Crippen molar-refractivity contribution in [3.05, 3.63) is 23.7 Å². The third kappa shape index (κ3) is 3.88. The first-order chi connectivity index (χ1) is 14.0. The first kappa shape index (κ1) is 21.7. The van der Waals surface area contributed by atoms with E-state index in [1.165, 1.54) is 23.7 Å². The van der Waals surface area contributed by atoms with E-state index in [0.29, 0.717) is 30.0 Å². The van der Waals surface area contributed by atoms with Gasteiger partial charge in [-0.25, -0.2) is 14.5 Å². The van der Waals surface area contributed by atoms with Gasteiger partial charge in [0, 0.05) is 6.20 Å². The number of ether oxygens (including phenoxy) is 2. The van der Waals surface area contributed by atoms with Gasteiger partial charge in [-0.05, 0) is 45.4 Å². The summed E-state index contributed by atoms with van der Waals surface area (Å²) in [5, 5.41) is 8.98. The molecule has 162 valence electrons. The minimum Gasteiger partial charge on any atom is -0.479 e. The van der Waals surface area contributed by atoms with Gasteiger partial charge in [0.1, 0.15) is 11.0 Å². The van der Waals surface area contributed by atoms with E-state index in [9.17, 15) is 4.79 Å². The third-order valence-electron chi connectivity index (χ3n) is 5.49. The zero-order valence-corrected chi connectivity index (χ0v) is 17.3. The number of hydrogen-bond acceptors (Lipinski definition) is 7. The van der Waals surface area contributed by atoms with Crippen LogP contribution in [0.25, 0.3) is 17.0 Å². The van der Waals surface area contributed by atoms with Gasteiger partial charge in [-0.1, -0.05) is 14.4 Å². The van der Waals surface area contributed by atoms with Crippen molar-refractivity contribution in [2.24, 2.45) is 5.92 Å². The van der Waals surface area contributed by atoms with Crippen molar-refractivity contribution >= 4 is 17.0 Å². The zero-order chi connectivity index (χ0) is 20.5. The molecule has 3 aromatic rings. The molecule has 1 aliphatic rings. The van der Waals surface area contributed by atoms with Crippen LogP contribution in [-0.2, 0) is 4.74 Å². The van der Waals surface area contributed by atoms with E-state index in [-0.39, 0.29) is 7.43 Å².